The second-order valence-corrected chi connectivity index (χ2v) is 12.9. The van der Waals surface area contributed by atoms with Gasteiger partial charge in [0, 0.05) is 36.5 Å². The summed E-state index contributed by atoms with van der Waals surface area (Å²) in [5.74, 6) is 0.551. The molecule has 1 aliphatic carbocycles. The molecular weight excluding hydrogens is 493 g/mol. The standard InChI is InChI=1S/C29H38FNO5S/c1-19-6-4-10-27(3)29(36-27,15-22-17-34-22)16-24(23(30)14-21-18-37-20(2)31-21)35-26(33)9-13-28(11-5-12-28)25(32)8-7-19/h14,17-19,24H,4-13,15-16H2,1-3H3/b23-14-. The molecular formula is C29H38FNO5S. The van der Waals surface area contributed by atoms with Crippen LogP contribution in [0.5, 0.6) is 0 Å². The van der Waals surface area contributed by atoms with Crippen LogP contribution in [0.1, 0.15) is 102 Å². The molecule has 1 spiro atoms. The van der Waals surface area contributed by atoms with Crippen LogP contribution in [0.3, 0.4) is 0 Å². The van der Waals surface area contributed by atoms with Gasteiger partial charge in [-0.2, -0.15) is 0 Å². The molecule has 0 N–H and O–H groups in total. The van der Waals surface area contributed by atoms with Gasteiger partial charge in [-0.05, 0) is 57.9 Å². The molecule has 202 valence electrons. The second-order valence-electron chi connectivity index (χ2n) is 11.8. The minimum atomic E-state index is -1.09. The number of epoxide rings is 1. The molecule has 0 aromatic carbocycles. The first kappa shape index (κ1) is 26.5. The van der Waals surface area contributed by atoms with E-state index in [2.05, 4.69) is 18.8 Å². The number of carbonyl (C=O) groups is 2. The summed E-state index contributed by atoms with van der Waals surface area (Å²) in [5.41, 5.74) is -1.01. The predicted octanol–water partition coefficient (Wildman–Crippen LogP) is 6.97. The fourth-order valence-electron chi connectivity index (χ4n) is 6.22. The molecule has 6 nitrogen and oxygen atoms in total. The molecule has 0 radical (unpaired) electrons. The van der Waals surface area contributed by atoms with Gasteiger partial charge in [0.1, 0.15) is 29.2 Å². The number of aromatic nitrogens is 1. The molecule has 37 heavy (non-hydrogen) atoms. The number of aryl methyl sites for hydroxylation is 1. The Morgan fingerprint density at radius 2 is 1.97 bits per heavy atom. The number of rotatable bonds is 4. The Hall–Kier alpha value is -2.06. The summed E-state index contributed by atoms with van der Waals surface area (Å²) < 4.78 is 33.2. The molecule has 4 aliphatic rings. The fraction of sp³-hybridized carbons (Fsp3) is 0.690. The highest BCUT2D eigenvalue weighted by molar-refractivity contribution is 7.09. The third-order valence-electron chi connectivity index (χ3n) is 9.03. The molecule has 1 saturated carbocycles. The van der Waals surface area contributed by atoms with Crippen LogP contribution in [0.25, 0.3) is 6.08 Å². The zero-order chi connectivity index (χ0) is 26.3. The lowest BCUT2D eigenvalue weighted by molar-refractivity contribution is -0.150. The first-order chi connectivity index (χ1) is 17.6. The zero-order valence-electron chi connectivity index (χ0n) is 22.1. The summed E-state index contributed by atoms with van der Waals surface area (Å²) in [5, 5.41) is 2.63. The third-order valence-corrected chi connectivity index (χ3v) is 9.82. The maximum absolute atomic E-state index is 15.7. The molecule has 4 atom stereocenters. The van der Waals surface area contributed by atoms with Crippen LogP contribution in [0.4, 0.5) is 4.39 Å². The second kappa shape index (κ2) is 10.3. The van der Waals surface area contributed by atoms with Crippen LogP contribution >= 0.6 is 11.3 Å². The topological polar surface area (TPSA) is 81.3 Å². The number of nitrogens with zero attached hydrogens (tertiary/aromatic N) is 1. The lowest BCUT2D eigenvalue weighted by Crippen LogP contribution is -2.39. The third kappa shape index (κ3) is 5.85. The molecule has 3 aliphatic heterocycles. The van der Waals surface area contributed by atoms with Crippen molar-refractivity contribution in [2.24, 2.45) is 11.3 Å². The number of hydrogen-bond donors (Lipinski definition) is 0. The van der Waals surface area contributed by atoms with Gasteiger partial charge in [-0.15, -0.1) is 11.3 Å². The minimum Gasteiger partial charge on any atom is -0.462 e. The van der Waals surface area contributed by atoms with E-state index >= 15 is 4.39 Å². The predicted molar refractivity (Wildman–Crippen MR) is 139 cm³/mol. The van der Waals surface area contributed by atoms with Crippen molar-refractivity contribution in [3.63, 3.8) is 0 Å². The molecule has 2 saturated heterocycles. The number of halogens is 1. The molecule has 5 rings (SSSR count). The van der Waals surface area contributed by atoms with E-state index in [1.165, 1.54) is 17.4 Å². The lowest BCUT2D eigenvalue weighted by Gasteiger charge is -2.40. The van der Waals surface area contributed by atoms with Crippen LogP contribution in [0.15, 0.2) is 23.2 Å². The fourth-order valence-corrected chi connectivity index (χ4v) is 6.80. The molecule has 3 fully saturated rings. The van der Waals surface area contributed by atoms with Crippen LogP contribution < -0.4 is 0 Å². The van der Waals surface area contributed by atoms with Gasteiger partial charge in [0.2, 0.25) is 0 Å². The van der Waals surface area contributed by atoms with E-state index in [4.69, 9.17) is 14.2 Å². The SMILES string of the molecule is Cc1nc(/C=C(\F)C2CC3(CC4=CO4)OC3(C)CCCC(C)CCC(=O)C3(CCC3)CCC(=O)O2)cs1. The van der Waals surface area contributed by atoms with E-state index in [1.54, 1.807) is 11.6 Å². The number of fused-ring (bicyclic) bond motifs is 1. The van der Waals surface area contributed by atoms with Crippen molar-refractivity contribution in [1.29, 1.82) is 0 Å². The van der Waals surface area contributed by atoms with Gasteiger partial charge in [-0.1, -0.05) is 26.2 Å². The summed E-state index contributed by atoms with van der Waals surface area (Å²) in [6, 6.07) is 0. The molecule has 4 unspecified atom stereocenters. The van der Waals surface area contributed by atoms with Gasteiger partial charge in [0.15, 0.2) is 6.10 Å². The quantitative estimate of drug-likeness (QED) is 0.308. The Bertz CT molecular complexity index is 1110. The summed E-state index contributed by atoms with van der Waals surface area (Å²) >= 11 is 1.44. The number of ketones is 1. The molecule has 0 amide bonds. The molecule has 8 heteroatoms. The smallest absolute Gasteiger partial charge is 0.306 e. The van der Waals surface area contributed by atoms with Gasteiger partial charge >= 0.3 is 5.97 Å². The number of thiazole rings is 1. The van der Waals surface area contributed by atoms with Crippen LogP contribution in [0.2, 0.25) is 0 Å². The van der Waals surface area contributed by atoms with Crippen molar-refractivity contribution < 1.29 is 28.2 Å². The zero-order valence-corrected chi connectivity index (χ0v) is 23.0. The van der Waals surface area contributed by atoms with Gasteiger partial charge < -0.3 is 14.2 Å². The van der Waals surface area contributed by atoms with Crippen molar-refractivity contribution in [2.75, 3.05) is 0 Å². The lowest BCUT2D eigenvalue weighted by atomic mass is 9.62. The number of esters is 1. The average molecular weight is 532 g/mol. The maximum Gasteiger partial charge on any atom is 0.306 e. The first-order valence-corrected chi connectivity index (χ1v) is 14.6. The van der Waals surface area contributed by atoms with Crippen molar-refractivity contribution >= 4 is 29.2 Å². The highest BCUT2D eigenvalue weighted by atomic mass is 32.1. The molecule has 4 heterocycles. The van der Waals surface area contributed by atoms with Crippen LogP contribution in [-0.4, -0.2) is 34.0 Å². The largest absolute Gasteiger partial charge is 0.462 e. The Balaban J connectivity index is 1.40. The summed E-state index contributed by atoms with van der Waals surface area (Å²) in [7, 11) is 0. The van der Waals surface area contributed by atoms with E-state index in [-0.39, 0.29) is 18.6 Å². The van der Waals surface area contributed by atoms with Crippen molar-refractivity contribution in [3.8, 4) is 0 Å². The number of Topliss-reactive ketones (excluding diaryl/α,β-unsaturated/α-hetero) is 1. The van der Waals surface area contributed by atoms with Gasteiger partial charge in [-0.25, -0.2) is 9.37 Å². The molecule has 0 bridgehead atoms. The Labute approximate surface area is 222 Å². The Morgan fingerprint density at radius 1 is 1.19 bits per heavy atom. The number of ether oxygens (including phenoxy) is 3. The van der Waals surface area contributed by atoms with Crippen molar-refractivity contribution in [1.82, 2.24) is 4.98 Å². The van der Waals surface area contributed by atoms with Crippen molar-refractivity contribution in [2.45, 2.75) is 115 Å². The van der Waals surface area contributed by atoms with Crippen LogP contribution in [0, 0.1) is 18.3 Å². The van der Waals surface area contributed by atoms with Crippen molar-refractivity contribution in [3.05, 3.63) is 33.9 Å². The summed E-state index contributed by atoms with van der Waals surface area (Å²) in [4.78, 5) is 30.5. The van der Waals surface area contributed by atoms with E-state index in [0.29, 0.717) is 30.9 Å². The average Bonchev–Trinajstić information content (AvgIpc) is 3.68. The molecule has 1 aromatic heterocycles. The Morgan fingerprint density at radius 3 is 2.62 bits per heavy atom. The van der Waals surface area contributed by atoms with Gasteiger partial charge in [-0.3, -0.25) is 9.59 Å². The summed E-state index contributed by atoms with van der Waals surface area (Å²) in [6.07, 6.45) is 10.2. The highest BCUT2D eigenvalue weighted by Crippen LogP contribution is 2.59. The van der Waals surface area contributed by atoms with E-state index in [1.807, 2.05) is 6.92 Å². The van der Waals surface area contributed by atoms with Gasteiger partial charge in [0.05, 0.1) is 16.3 Å². The summed E-state index contributed by atoms with van der Waals surface area (Å²) in [6.45, 7) is 6.15. The normalized spacial score (nSPS) is 34.6. The van der Waals surface area contributed by atoms with E-state index in [0.717, 1.165) is 55.7 Å². The number of carbonyl (C=O) groups excluding carboxylic acids is 2. The monoisotopic (exact) mass is 531 g/mol. The number of hydrogen-bond acceptors (Lipinski definition) is 7. The van der Waals surface area contributed by atoms with E-state index < -0.39 is 34.5 Å². The minimum absolute atomic E-state index is 0.111. The first-order valence-electron chi connectivity index (χ1n) is 13.7. The maximum atomic E-state index is 15.7. The number of cyclic esters (lactones) is 1. The Kier molecular flexibility index (Phi) is 7.35. The molecule has 1 aromatic rings. The van der Waals surface area contributed by atoms with Crippen LogP contribution in [-0.2, 0) is 23.8 Å². The van der Waals surface area contributed by atoms with Gasteiger partial charge in [0.25, 0.3) is 0 Å². The highest BCUT2D eigenvalue weighted by Gasteiger charge is 2.67. The van der Waals surface area contributed by atoms with E-state index in [9.17, 15) is 9.59 Å².